The molecule has 0 unspecified atom stereocenters. The van der Waals surface area contributed by atoms with Gasteiger partial charge in [-0.1, -0.05) is 0 Å². The summed E-state index contributed by atoms with van der Waals surface area (Å²) < 4.78 is 6.41. The summed E-state index contributed by atoms with van der Waals surface area (Å²) in [7, 11) is 0. The van der Waals surface area contributed by atoms with Crippen molar-refractivity contribution in [1.82, 2.24) is 9.55 Å². The summed E-state index contributed by atoms with van der Waals surface area (Å²) in [4.78, 5) is 15.1. The Hall–Kier alpha value is -1.48. The number of aromatic nitrogens is 2. The fourth-order valence-corrected chi connectivity index (χ4v) is 1.94. The minimum absolute atomic E-state index is 0.0659. The Balaban J connectivity index is 2.26. The molecule has 2 rings (SSSR count). The topological polar surface area (TPSA) is 131 Å². The molecule has 1 saturated heterocycles. The molecular weight excluding hydrogens is 242 g/mol. The Labute approximate surface area is 102 Å². The van der Waals surface area contributed by atoms with Gasteiger partial charge in [-0.2, -0.15) is 4.98 Å². The standard InChI is InChI=1S/C10H15N3O5/c11-6-1-3-13(10(17)12-6)9-8(16)7(15)5(18-9)2-4-14/h1,3,5,7-9,14-16H,2,4H2,(H2,11,12,17)/t5-,7-,8-,9-/m1/s1. The third kappa shape index (κ3) is 2.23. The molecule has 0 spiro atoms. The molecule has 18 heavy (non-hydrogen) atoms. The highest BCUT2D eigenvalue weighted by atomic mass is 16.6. The van der Waals surface area contributed by atoms with E-state index in [0.717, 1.165) is 4.57 Å². The molecule has 0 amide bonds. The van der Waals surface area contributed by atoms with Crippen LogP contribution in [0.4, 0.5) is 5.82 Å². The summed E-state index contributed by atoms with van der Waals surface area (Å²) in [6, 6.07) is 1.39. The van der Waals surface area contributed by atoms with Gasteiger partial charge in [0.05, 0.1) is 6.10 Å². The van der Waals surface area contributed by atoms with Gasteiger partial charge in [-0.15, -0.1) is 0 Å². The first-order valence-corrected chi connectivity index (χ1v) is 5.51. The number of ether oxygens (including phenoxy) is 1. The van der Waals surface area contributed by atoms with E-state index in [1.165, 1.54) is 12.3 Å². The van der Waals surface area contributed by atoms with E-state index in [2.05, 4.69) is 4.98 Å². The molecule has 5 N–H and O–H groups in total. The second kappa shape index (κ2) is 5.02. The average Bonchev–Trinajstić information content (AvgIpc) is 2.58. The minimum Gasteiger partial charge on any atom is -0.396 e. The lowest BCUT2D eigenvalue weighted by Gasteiger charge is -2.16. The Morgan fingerprint density at radius 3 is 2.78 bits per heavy atom. The van der Waals surface area contributed by atoms with Gasteiger partial charge in [0.15, 0.2) is 6.23 Å². The number of rotatable bonds is 3. The van der Waals surface area contributed by atoms with Crippen LogP contribution in [-0.4, -0.2) is 49.8 Å². The van der Waals surface area contributed by atoms with E-state index < -0.39 is 30.2 Å². The summed E-state index contributed by atoms with van der Waals surface area (Å²) in [5.41, 5.74) is 4.68. The van der Waals surface area contributed by atoms with Gasteiger partial charge in [0.1, 0.15) is 18.0 Å². The van der Waals surface area contributed by atoms with Gasteiger partial charge in [-0.05, 0) is 12.5 Å². The summed E-state index contributed by atoms with van der Waals surface area (Å²) >= 11 is 0. The van der Waals surface area contributed by atoms with E-state index in [1.807, 2.05) is 0 Å². The smallest absolute Gasteiger partial charge is 0.351 e. The second-order valence-electron chi connectivity index (χ2n) is 4.10. The van der Waals surface area contributed by atoms with E-state index >= 15 is 0 Å². The third-order valence-corrected chi connectivity index (χ3v) is 2.88. The lowest BCUT2D eigenvalue weighted by atomic mass is 10.1. The van der Waals surface area contributed by atoms with Gasteiger partial charge in [0.2, 0.25) is 0 Å². The van der Waals surface area contributed by atoms with Crippen LogP contribution in [0.3, 0.4) is 0 Å². The summed E-state index contributed by atoms with van der Waals surface area (Å²) in [6.45, 7) is -0.184. The van der Waals surface area contributed by atoms with E-state index in [-0.39, 0.29) is 18.8 Å². The first-order chi connectivity index (χ1) is 8.54. The van der Waals surface area contributed by atoms with Crippen molar-refractivity contribution in [3.8, 4) is 0 Å². The summed E-state index contributed by atoms with van der Waals surface area (Å²) in [6.07, 6.45) is -2.66. The van der Waals surface area contributed by atoms with Gasteiger partial charge >= 0.3 is 5.69 Å². The Morgan fingerprint density at radius 1 is 1.44 bits per heavy atom. The summed E-state index contributed by atoms with van der Waals surface area (Å²) in [5, 5.41) is 28.4. The van der Waals surface area contributed by atoms with Gasteiger partial charge in [0.25, 0.3) is 0 Å². The van der Waals surface area contributed by atoms with Crippen molar-refractivity contribution in [3.05, 3.63) is 22.7 Å². The molecule has 0 saturated carbocycles. The number of nitrogen functional groups attached to an aromatic ring is 1. The average molecular weight is 257 g/mol. The molecule has 1 fully saturated rings. The maximum Gasteiger partial charge on any atom is 0.351 e. The fraction of sp³-hybridized carbons (Fsp3) is 0.600. The van der Waals surface area contributed by atoms with Crippen LogP contribution in [0.15, 0.2) is 17.1 Å². The SMILES string of the molecule is Nc1ccn([C@@H]2O[C@H](CCO)[C@@H](O)[C@H]2O)c(=O)n1. The molecule has 0 radical (unpaired) electrons. The van der Waals surface area contributed by atoms with Crippen LogP contribution in [0.1, 0.15) is 12.6 Å². The highest BCUT2D eigenvalue weighted by Gasteiger charge is 2.43. The van der Waals surface area contributed by atoms with Crippen molar-refractivity contribution in [3.63, 3.8) is 0 Å². The van der Waals surface area contributed by atoms with Gasteiger partial charge < -0.3 is 25.8 Å². The van der Waals surface area contributed by atoms with Gasteiger partial charge in [-0.3, -0.25) is 4.57 Å². The molecule has 8 heteroatoms. The van der Waals surface area contributed by atoms with Crippen molar-refractivity contribution in [2.45, 2.75) is 31.0 Å². The molecule has 100 valence electrons. The normalized spacial score (nSPS) is 31.7. The predicted molar refractivity (Wildman–Crippen MR) is 60.5 cm³/mol. The van der Waals surface area contributed by atoms with E-state index in [1.54, 1.807) is 0 Å². The molecule has 2 heterocycles. The highest BCUT2D eigenvalue weighted by molar-refractivity contribution is 5.23. The molecule has 1 aliphatic heterocycles. The van der Waals surface area contributed by atoms with E-state index in [9.17, 15) is 15.0 Å². The van der Waals surface area contributed by atoms with Crippen LogP contribution in [0.25, 0.3) is 0 Å². The fourth-order valence-electron chi connectivity index (χ4n) is 1.94. The van der Waals surface area contributed by atoms with Crippen LogP contribution >= 0.6 is 0 Å². The van der Waals surface area contributed by atoms with Crippen LogP contribution in [0.2, 0.25) is 0 Å². The number of hydrogen-bond acceptors (Lipinski definition) is 7. The number of aliphatic hydroxyl groups excluding tert-OH is 3. The van der Waals surface area contributed by atoms with Gasteiger partial charge in [-0.25, -0.2) is 4.79 Å². The third-order valence-electron chi connectivity index (χ3n) is 2.88. The number of hydrogen-bond donors (Lipinski definition) is 4. The number of nitrogens with two attached hydrogens (primary N) is 1. The zero-order chi connectivity index (χ0) is 13.3. The minimum atomic E-state index is -1.26. The van der Waals surface area contributed by atoms with Crippen LogP contribution in [-0.2, 0) is 4.74 Å². The number of anilines is 1. The lowest BCUT2D eigenvalue weighted by Crippen LogP contribution is -2.35. The van der Waals surface area contributed by atoms with Crippen LogP contribution < -0.4 is 11.4 Å². The molecule has 4 atom stereocenters. The van der Waals surface area contributed by atoms with Crippen molar-refractivity contribution in [1.29, 1.82) is 0 Å². The number of nitrogens with zero attached hydrogens (tertiary/aromatic N) is 2. The van der Waals surface area contributed by atoms with Crippen LogP contribution in [0.5, 0.6) is 0 Å². The number of aliphatic hydroxyl groups is 3. The molecule has 1 aliphatic rings. The lowest BCUT2D eigenvalue weighted by molar-refractivity contribution is -0.0450. The van der Waals surface area contributed by atoms with Crippen LogP contribution in [0, 0.1) is 0 Å². The van der Waals surface area contributed by atoms with Crippen molar-refractivity contribution < 1.29 is 20.1 Å². The Bertz CT molecular complexity index is 477. The molecule has 0 aromatic carbocycles. The maximum absolute atomic E-state index is 11.6. The first kappa shape index (κ1) is 13.0. The molecule has 1 aromatic heterocycles. The molecule has 8 nitrogen and oxygen atoms in total. The molecular formula is C10H15N3O5. The largest absolute Gasteiger partial charge is 0.396 e. The molecule has 1 aromatic rings. The molecule has 0 bridgehead atoms. The van der Waals surface area contributed by atoms with Gasteiger partial charge in [0, 0.05) is 12.8 Å². The van der Waals surface area contributed by atoms with Crippen molar-refractivity contribution in [2.75, 3.05) is 12.3 Å². The van der Waals surface area contributed by atoms with Crippen molar-refractivity contribution in [2.24, 2.45) is 0 Å². The molecule has 0 aliphatic carbocycles. The quantitative estimate of drug-likeness (QED) is 0.484. The van der Waals surface area contributed by atoms with Crippen molar-refractivity contribution >= 4 is 5.82 Å². The maximum atomic E-state index is 11.6. The zero-order valence-corrected chi connectivity index (χ0v) is 9.51. The second-order valence-corrected chi connectivity index (χ2v) is 4.10. The van der Waals surface area contributed by atoms with E-state index in [0.29, 0.717) is 0 Å². The summed E-state index contributed by atoms with van der Waals surface area (Å²) in [5.74, 6) is 0.0659. The van der Waals surface area contributed by atoms with E-state index in [4.69, 9.17) is 15.6 Å². The zero-order valence-electron chi connectivity index (χ0n) is 9.51. The predicted octanol–water partition coefficient (Wildman–Crippen LogP) is -2.17. The Morgan fingerprint density at radius 2 is 2.17 bits per heavy atom. The highest BCUT2D eigenvalue weighted by Crippen LogP contribution is 2.29. The monoisotopic (exact) mass is 257 g/mol. The first-order valence-electron chi connectivity index (χ1n) is 5.51. The Kier molecular flexibility index (Phi) is 3.62.